The van der Waals surface area contributed by atoms with Gasteiger partial charge in [-0.2, -0.15) is 10.2 Å². The first kappa shape index (κ1) is 14.0. The summed E-state index contributed by atoms with van der Waals surface area (Å²) in [7, 11) is 3.03. The molecule has 7 nitrogen and oxygen atoms in total. The molecule has 2 aromatic carbocycles. The number of carbonyl (C=O) groups is 1. The minimum Gasteiger partial charge on any atom is -0.497 e. The molecule has 7 heteroatoms. The maximum atomic E-state index is 12.3. The Morgan fingerprint density at radius 1 is 1.05 bits per heavy atom. The summed E-state index contributed by atoms with van der Waals surface area (Å²) in [6, 6.07) is 11.4. The predicted octanol–water partition coefficient (Wildman–Crippen LogP) is 2.87. The first-order chi connectivity index (χ1) is 10.6. The molecule has 1 aliphatic rings. The highest BCUT2D eigenvalue weighted by molar-refractivity contribution is 6.08. The Bertz CT molecular complexity index is 697. The van der Waals surface area contributed by atoms with E-state index < -0.39 is 6.03 Å². The molecule has 2 N–H and O–H groups in total. The van der Waals surface area contributed by atoms with Crippen molar-refractivity contribution in [2.24, 2.45) is 0 Å². The van der Waals surface area contributed by atoms with Crippen LogP contribution in [0.3, 0.4) is 0 Å². The highest BCUT2D eigenvalue weighted by Gasteiger charge is 2.30. The van der Waals surface area contributed by atoms with Gasteiger partial charge in [-0.25, -0.2) is 4.79 Å². The number of anilines is 3. The van der Waals surface area contributed by atoms with Gasteiger partial charge < -0.3 is 14.8 Å². The standard InChI is InChI=1S/C15H15N3O4/c1-21-11-7-10(8-12(9-11)22-2)17-15(19)16-13-5-3-4-6-14(13)18(17)20/h3-9,20H,1-2H3,(H,16,19). The van der Waals surface area contributed by atoms with Crippen LogP contribution >= 0.6 is 0 Å². The Morgan fingerprint density at radius 2 is 1.68 bits per heavy atom. The lowest BCUT2D eigenvalue weighted by Crippen LogP contribution is -2.51. The average molecular weight is 301 g/mol. The second kappa shape index (κ2) is 5.45. The van der Waals surface area contributed by atoms with E-state index in [0.29, 0.717) is 28.6 Å². The van der Waals surface area contributed by atoms with E-state index in [4.69, 9.17) is 9.47 Å². The van der Waals surface area contributed by atoms with E-state index in [2.05, 4.69) is 5.32 Å². The number of fused-ring (bicyclic) bond motifs is 1. The van der Waals surface area contributed by atoms with E-state index in [0.717, 1.165) is 10.2 Å². The highest BCUT2D eigenvalue weighted by Crippen LogP contribution is 2.35. The van der Waals surface area contributed by atoms with Gasteiger partial charge in [-0.3, -0.25) is 5.21 Å². The summed E-state index contributed by atoms with van der Waals surface area (Å²) in [6.45, 7) is 0. The number of amides is 2. The number of benzene rings is 2. The molecule has 0 saturated carbocycles. The van der Waals surface area contributed by atoms with Gasteiger partial charge in [0.25, 0.3) is 0 Å². The summed E-state index contributed by atoms with van der Waals surface area (Å²) in [6.07, 6.45) is 0. The van der Waals surface area contributed by atoms with Gasteiger partial charge >= 0.3 is 6.03 Å². The number of hydrogen-bond acceptors (Lipinski definition) is 5. The van der Waals surface area contributed by atoms with Gasteiger partial charge in [0.15, 0.2) is 0 Å². The molecule has 0 aromatic heterocycles. The largest absolute Gasteiger partial charge is 0.497 e. The molecular weight excluding hydrogens is 286 g/mol. The van der Waals surface area contributed by atoms with Gasteiger partial charge in [0.2, 0.25) is 0 Å². The number of hydrogen-bond donors (Lipinski definition) is 2. The van der Waals surface area contributed by atoms with Gasteiger partial charge in [0, 0.05) is 18.2 Å². The van der Waals surface area contributed by atoms with Crippen LogP contribution in [-0.4, -0.2) is 25.5 Å². The molecule has 0 radical (unpaired) electrons. The summed E-state index contributed by atoms with van der Waals surface area (Å²) in [5.74, 6) is 1.02. The molecule has 114 valence electrons. The smallest absolute Gasteiger partial charge is 0.347 e. The maximum absolute atomic E-state index is 12.3. The number of hydrazine groups is 1. The first-order valence-electron chi connectivity index (χ1n) is 6.56. The number of urea groups is 1. The zero-order valence-electron chi connectivity index (χ0n) is 12.1. The molecule has 0 bridgehead atoms. The zero-order chi connectivity index (χ0) is 15.7. The number of para-hydroxylation sites is 2. The summed E-state index contributed by atoms with van der Waals surface area (Å²) < 4.78 is 10.4. The number of rotatable bonds is 3. The normalized spacial score (nSPS) is 13.5. The fourth-order valence-electron chi connectivity index (χ4n) is 2.26. The van der Waals surface area contributed by atoms with Gasteiger partial charge in [-0.15, -0.1) is 0 Å². The van der Waals surface area contributed by atoms with Gasteiger partial charge in [-0.05, 0) is 12.1 Å². The predicted molar refractivity (Wildman–Crippen MR) is 81.8 cm³/mol. The number of nitrogens with zero attached hydrogens (tertiary/aromatic N) is 2. The lowest BCUT2D eigenvalue weighted by atomic mass is 10.2. The molecule has 22 heavy (non-hydrogen) atoms. The van der Waals surface area contributed by atoms with Crippen LogP contribution in [-0.2, 0) is 0 Å². The van der Waals surface area contributed by atoms with Crippen LogP contribution in [0.15, 0.2) is 42.5 Å². The van der Waals surface area contributed by atoms with Crippen LogP contribution in [0.1, 0.15) is 0 Å². The van der Waals surface area contributed by atoms with Crippen molar-refractivity contribution in [2.75, 3.05) is 29.7 Å². The molecule has 0 atom stereocenters. The molecular formula is C15H15N3O4. The first-order valence-corrected chi connectivity index (χ1v) is 6.56. The van der Waals surface area contributed by atoms with E-state index in [1.807, 2.05) is 0 Å². The van der Waals surface area contributed by atoms with E-state index >= 15 is 0 Å². The number of methoxy groups -OCH3 is 2. The Kier molecular flexibility index (Phi) is 3.48. The van der Waals surface area contributed by atoms with Crippen LogP contribution in [0.5, 0.6) is 11.5 Å². The van der Waals surface area contributed by atoms with Crippen molar-refractivity contribution in [2.45, 2.75) is 0 Å². The molecule has 0 spiro atoms. The van der Waals surface area contributed by atoms with Crippen molar-refractivity contribution in [3.8, 4) is 11.5 Å². The molecule has 0 aliphatic carbocycles. The summed E-state index contributed by atoms with van der Waals surface area (Å²) in [4.78, 5) is 12.3. The molecule has 0 saturated heterocycles. The molecule has 0 fully saturated rings. The summed E-state index contributed by atoms with van der Waals surface area (Å²) in [5, 5.41) is 15.0. The van der Waals surface area contributed by atoms with Crippen LogP contribution in [0, 0.1) is 0 Å². The second-order valence-corrected chi connectivity index (χ2v) is 4.62. The lowest BCUT2D eigenvalue weighted by Gasteiger charge is -2.36. The third-order valence-corrected chi connectivity index (χ3v) is 3.32. The van der Waals surface area contributed by atoms with Crippen LogP contribution < -0.4 is 25.0 Å². The van der Waals surface area contributed by atoms with E-state index in [1.165, 1.54) is 14.2 Å². The van der Waals surface area contributed by atoms with Crippen LogP contribution in [0.25, 0.3) is 0 Å². The van der Waals surface area contributed by atoms with Crippen molar-refractivity contribution >= 4 is 23.1 Å². The topological polar surface area (TPSA) is 74.3 Å². The van der Waals surface area contributed by atoms with Crippen molar-refractivity contribution < 1.29 is 19.5 Å². The fraction of sp³-hybridized carbons (Fsp3) is 0.133. The number of carbonyl (C=O) groups excluding carboxylic acids is 1. The van der Waals surface area contributed by atoms with Gasteiger partial charge in [0.1, 0.15) is 17.2 Å². The Balaban J connectivity index is 2.06. The zero-order valence-corrected chi connectivity index (χ0v) is 12.1. The third kappa shape index (κ3) is 2.27. The summed E-state index contributed by atoms with van der Waals surface area (Å²) >= 11 is 0. The fourth-order valence-corrected chi connectivity index (χ4v) is 2.26. The van der Waals surface area contributed by atoms with E-state index in [9.17, 15) is 10.0 Å². The molecule has 1 aliphatic heterocycles. The SMILES string of the molecule is COc1cc(OC)cc(N2C(=O)Nc3ccccc3N2O)c1. The molecule has 0 unspecified atom stereocenters. The Hall–Kier alpha value is -2.93. The molecule has 3 rings (SSSR count). The van der Waals surface area contributed by atoms with Crippen molar-refractivity contribution in [3.63, 3.8) is 0 Å². The van der Waals surface area contributed by atoms with Crippen LogP contribution in [0.4, 0.5) is 21.9 Å². The van der Waals surface area contributed by atoms with Crippen molar-refractivity contribution in [3.05, 3.63) is 42.5 Å². The minimum atomic E-state index is -0.489. The van der Waals surface area contributed by atoms with Crippen molar-refractivity contribution in [1.29, 1.82) is 0 Å². The number of ether oxygens (including phenoxy) is 2. The maximum Gasteiger partial charge on any atom is 0.347 e. The Labute approximate surface area is 127 Å². The summed E-state index contributed by atoms with van der Waals surface area (Å²) in [5.41, 5.74) is 1.40. The van der Waals surface area contributed by atoms with E-state index in [1.54, 1.807) is 42.5 Å². The lowest BCUT2D eigenvalue weighted by molar-refractivity contribution is 0.221. The van der Waals surface area contributed by atoms with Crippen molar-refractivity contribution in [1.82, 2.24) is 0 Å². The molecule has 2 amide bonds. The minimum absolute atomic E-state index is 0.408. The van der Waals surface area contributed by atoms with E-state index in [-0.39, 0.29) is 0 Å². The van der Waals surface area contributed by atoms with Gasteiger partial charge in [0.05, 0.1) is 25.6 Å². The third-order valence-electron chi connectivity index (χ3n) is 3.32. The van der Waals surface area contributed by atoms with Crippen LogP contribution in [0.2, 0.25) is 0 Å². The van der Waals surface area contributed by atoms with Gasteiger partial charge in [-0.1, -0.05) is 12.1 Å². The quantitative estimate of drug-likeness (QED) is 0.912. The highest BCUT2D eigenvalue weighted by atomic mass is 16.6. The monoisotopic (exact) mass is 301 g/mol. The average Bonchev–Trinajstić information content (AvgIpc) is 2.54. The molecule has 1 heterocycles. The molecule has 2 aromatic rings. The second-order valence-electron chi connectivity index (χ2n) is 4.62. The number of nitrogens with one attached hydrogen (secondary N) is 1. The Morgan fingerprint density at radius 3 is 2.32 bits per heavy atom.